The monoisotopic (exact) mass is 262 g/mol. The van der Waals surface area contributed by atoms with E-state index < -0.39 is 0 Å². The van der Waals surface area contributed by atoms with Crippen molar-refractivity contribution in [2.24, 2.45) is 5.73 Å². The lowest BCUT2D eigenvalue weighted by Gasteiger charge is -2.50. The van der Waals surface area contributed by atoms with Crippen molar-refractivity contribution in [2.75, 3.05) is 20.7 Å². The van der Waals surface area contributed by atoms with Gasteiger partial charge in [-0.1, -0.05) is 18.2 Å². The molecule has 19 heavy (non-hydrogen) atoms. The van der Waals surface area contributed by atoms with Crippen LogP contribution in [0.1, 0.15) is 31.7 Å². The molecule has 0 saturated heterocycles. The minimum absolute atomic E-state index is 0.238. The molecule has 0 radical (unpaired) electrons. The molecule has 1 unspecified atom stereocenters. The molecular formula is C16H26N2O. The van der Waals surface area contributed by atoms with Crippen LogP contribution in [0.5, 0.6) is 5.75 Å². The van der Waals surface area contributed by atoms with Crippen LogP contribution in [-0.2, 0) is 6.42 Å². The molecule has 1 aromatic rings. The van der Waals surface area contributed by atoms with Crippen molar-refractivity contribution in [3.05, 3.63) is 29.8 Å². The van der Waals surface area contributed by atoms with Crippen LogP contribution in [-0.4, -0.2) is 37.2 Å². The Bertz CT molecular complexity index is 409. The van der Waals surface area contributed by atoms with Crippen molar-refractivity contribution in [1.82, 2.24) is 4.90 Å². The highest BCUT2D eigenvalue weighted by atomic mass is 16.5. The molecule has 2 N–H and O–H groups in total. The quantitative estimate of drug-likeness (QED) is 0.856. The van der Waals surface area contributed by atoms with E-state index in [0.717, 1.165) is 18.7 Å². The maximum absolute atomic E-state index is 5.99. The summed E-state index contributed by atoms with van der Waals surface area (Å²) >= 11 is 0. The highest BCUT2D eigenvalue weighted by molar-refractivity contribution is 5.33. The zero-order valence-corrected chi connectivity index (χ0v) is 12.4. The van der Waals surface area contributed by atoms with E-state index in [2.05, 4.69) is 31.0 Å². The molecule has 1 saturated carbocycles. The number of para-hydroxylation sites is 1. The second-order valence-electron chi connectivity index (χ2n) is 5.76. The Hall–Kier alpha value is -1.06. The van der Waals surface area contributed by atoms with E-state index in [1.165, 1.54) is 24.8 Å². The van der Waals surface area contributed by atoms with Crippen LogP contribution in [0.2, 0.25) is 0 Å². The van der Waals surface area contributed by atoms with Crippen molar-refractivity contribution < 1.29 is 4.74 Å². The summed E-state index contributed by atoms with van der Waals surface area (Å²) in [5.41, 5.74) is 7.50. The minimum Gasteiger partial charge on any atom is -0.496 e. The Balaban J connectivity index is 2.06. The van der Waals surface area contributed by atoms with Gasteiger partial charge in [-0.2, -0.15) is 0 Å². The predicted octanol–water partition coefficient (Wildman–Crippen LogP) is 2.44. The molecule has 0 aliphatic heterocycles. The number of benzene rings is 1. The van der Waals surface area contributed by atoms with Gasteiger partial charge in [-0.25, -0.2) is 0 Å². The van der Waals surface area contributed by atoms with Gasteiger partial charge >= 0.3 is 0 Å². The number of hydrogen-bond acceptors (Lipinski definition) is 3. The second-order valence-corrected chi connectivity index (χ2v) is 5.76. The topological polar surface area (TPSA) is 38.5 Å². The summed E-state index contributed by atoms with van der Waals surface area (Å²) in [6.07, 6.45) is 4.78. The van der Waals surface area contributed by atoms with Crippen LogP contribution < -0.4 is 10.5 Å². The van der Waals surface area contributed by atoms with Gasteiger partial charge in [-0.3, -0.25) is 4.90 Å². The molecule has 3 heteroatoms. The summed E-state index contributed by atoms with van der Waals surface area (Å²) in [4.78, 5) is 2.48. The van der Waals surface area contributed by atoms with E-state index in [-0.39, 0.29) is 5.54 Å². The van der Waals surface area contributed by atoms with Gasteiger partial charge in [-0.15, -0.1) is 0 Å². The molecule has 1 aliphatic rings. The number of nitrogens with two attached hydrogens (primary N) is 1. The van der Waals surface area contributed by atoms with Gasteiger partial charge in [-0.05, 0) is 51.3 Å². The lowest BCUT2D eigenvalue weighted by molar-refractivity contribution is 0.0170. The molecule has 106 valence electrons. The van der Waals surface area contributed by atoms with Crippen molar-refractivity contribution in [1.29, 1.82) is 0 Å². The highest BCUT2D eigenvalue weighted by Crippen LogP contribution is 2.37. The van der Waals surface area contributed by atoms with Crippen LogP contribution in [0.25, 0.3) is 0 Å². The Labute approximate surface area is 116 Å². The van der Waals surface area contributed by atoms with E-state index >= 15 is 0 Å². The molecule has 1 fully saturated rings. The molecule has 1 aromatic carbocycles. The largest absolute Gasteiger partial charge is 0.496 e. The number of ether oxygens (including phenoxy) is 1. The number of likely N-dealkylation sites (N-methyl/N-ethyl adjacent to an activating group) is 1. The van der Waals surface area contributed by atoms with Crippen LogP contribution in [0.15, 0.2) is 24.3 Å². The normalized spacial score (nSPS) is 19.0. The average Bonchev–Trinajstić information content (AvgIpc) is 2.38. The maximum Gasteiger partial charge on any atom is 0.122 e. The third kappa shape index (κ3) is 2.77. The van der Waals surface area contributed by atoms with Crippen molar-refractivity contribution in [3.8, 4) is 5.75 Å². The lowest BCUT2D eigenvalue weighted by Crippen LogP contribution is -2.59. The summed E-state index contributed by atoms with van der Waals surface area (Å²) in [6, 6.07) is 8.75. The van der Waals surface area contributed by atoms with Gasteiger partial charge < -0.3 is 10.5 Å². The zero-order valence-electron chi connectivity index (χ0n) is 12.4. The van der Waals surface area contributed by atoms with Crippen molar-refractivity contribution in [2.45, 2.75) is 44.2 Å². The Kier molecular flexibility index (Phi) is 4.48. The van der Waals surface area contributed by atoms with E-state index in [4.69, 9.17) is 10.5 Å². The van der Waals surface area contributed by atoms with Crippen molar-refractivity contribution in [3.63, 3.8) is 0 Å². The number of rotatable bonds is 6. The number of methoxy groups -OCH3 is 1. The smallest absolute Gasteiger partial charge is 0.122 e. The van der Waals surface area contributed by atoms with Gasteiger partial charge in [0.15, 0.2) is 0 Å². The summed E-state index contributed by atoms with van der Waals surface area (Å²) in [6.45, 7) is 3.04. The fourth-order valence-corrected chi connectivity index (χ4v) is 3.08. The van der Waals surface area contributed by atoms with Gasteiger partial charge in [0.2, 0.25) is 0 Å². The van der Waals surface area contributed by atoms with Crippen LogP contribution in [0.4, 0.5) is 0 Å². The predicted molar refractivity (Wildman–Crippen MR) is 79.6 cm³/mol. The second kappa shape index (κ2) is 5.93. The average molecular weight is 262 g/mol. The lowest BCUT2D eigenvalue weighted by atomic mass is 9.74. The van der Waals surface area contributed by atoms with Crippen molar-refractivity contribution >= 4 is 0 Å². The molecule has 0 spiro atoms. The van der Waals surface area contributed by atoms with Gasteiger partial charge in [0.05, 0.1) is 7.11 Å². The fraction of sp³-hybridized carbons (Fsp3) is 0.625. The summed E-state index contributed by atoms with van der Waals surface area (Å²) in [5, 5.41) is 0. The molecule has 1 atom stereocenters. The third-order valence-electron chi connectivity index (χ3n) is 4.78. The molecule has 0 bridgehead atoms. The molecule has 1 aliphatic carbocycles. The van der Waals surface area contributed by atoms with Crippen LogP contribution >= 0.6 is 0 Å². The standard InChI is InChI=1S/C16H26N2O/c1-13(18(2)16(12-17)9-6-10-16)11-14-7-4-5-8-15(14)19-3/h4-5,7-8,13H,6,9-12,17H2,1-3H3. The van der Waals surface area contributed by atoms with E-state index in [1.54, 1.807) is 7.11 Å². The molecule has 0 aromatic heterocycles. The number of hydrogen-bond donors (Lipinski definition) is 1. The maximum atomic E-state index is 5.99. The first-order valence-corrected chi connectivity index (χ1v) is 7.18. The first-order chi connectivity index (χ1) is 9.13. The first-order valence-electron chi connectivity index (χ1n) is 7.18. The van der Waals surface area contributed by atoms with E-state index in [0.29, 0.717) is 6.04 Å². The summed E-state index contributed by atoms with van der Waals surface area (Å²) in [7, 11) is 3.95. The Morgan fingerprint density at radius 1 is 1.37 bits per heavy atom. The molecule has 2 rings (SSSR count). The summed E-state index contributed by atoms with van der Waals surface area (Å²) < 4.78 is 5.44. The highest BCUT2D eigenvalue weighted by Gasteiger charge is 2.41. The summed E-state index contributed by atoms with van der Waals surface area (Å²) in [5.74, 6) is 0.984. The number of nitrogens with zero attached hydrogens (tertiary/aromatic N) is 1. The molecule has 0 heterocycles. The first kappa shape index (κ1) is 14.4. The van der Waals surface area contributed by atoms with Gasteiger partial charge in [0.25, 0.3) is 0 Å². The van der Waals surface area contributed by atoms with E-state index in [9.17, 15) is 0 Å². The van der Waals surface area contributed by atoms with Gasteiger partial charge in [0, 0.05) is 18.1 Å². The SMILES string of the molecule is COc1ccccc1CC(C)N(C)C1(CN)CCC1. The minimum atomic E-state index is 0.238. The zero-order chi connectivity index (χ0) is 13.9. The Morgan fingerprint density at radius 3 is 2.58 bits per heavy atom. The molecule has 3 nitrogen and oxygen atoms in total. The van der Waals surface area contributed by atoms with E-state index in [1.807, 2.05) is 12.1 Å². The van der Waals surface area contributed by atoms with Gasteiger partial charge in [0.1, 0.15) is 5.75 Å². The third-order valence-corrected chi connectivity index (χ3v) is 4.78. The Morgan fingerprint density at radius 2 is 2.05 bits per heavy atom. The molecular weight excluding hydrogens is 236 g/mol. The van der Waals surface area contributed by atoms with Crippen LogP contribution in [0, 0.1) is 0 Å². The molecule has 0 amide bonds. The fourth-order valence-electron chi connectivity index (χ4n) is 3.08. The van der Waals surface area contributed by atoms with Crippen LogP contribution in [0.3, 0.4) is 0 Å².